The van der Waals surface area contributed by atoms with Crippen molar-refractivity contribution in [3.8, 4) is 0 Å². The Morgan fingerprint density at radius 2 is 2.25 bits per heavy atom. The van der Waals surface area contributed by atoms with Gasteiger partial charge in [0, 0.05) is 18.6 Å². The third-order valence-corrected chi connectivity index (χ3v) is 2.69. The summed E-state index contributed by atoms with van der Waals surface area (Å²) in [6, 6.07) is 5.64. The van der Waals surface area contributed by atoms with E-state index in [-0.39, 0.29) is 6.42 Å². The molecular formula is C12H15ClO3. The Hall–Kier alpha value is -1.06. The van der Waals surface area contributed by atoms with Crippen molar-refractivity contribution in [1.82, 2.24) is 0 Å². The highest BCUT2D eigenvalue weighted by Gasteiger charge is 2.07. The third kappa shape index (κ3) is 3.83. The van der Waals surface area contributed by atoms with Gasteiger partial charge in [-0.15, -0.1) is 0 Å². The highest BCUT2D eigenvalue weighted by atomic mass is 35.5. The summed E-state index contributed by atoms with van der Waals surface area (Å²) in [5.74, 6) is -0.777. The van der Waals surface area contributed by atoms with Crippen LogP contribution in [0.25, 0.3) is 0 Å². The SMILES string of the molecule is COCc1cccc(Cl)c1CCCC(=O)O. The largest absolute Gasteiger partial charge is 0.481 e. The van der Waals surface area contributed by atoms with Crippen molar-refractivity contribution in [3.63, 3.8) is 0 Å². The predicted octanol–water partition coefficient (Wildman–Crippen LogP) is 2.89. The average molecular weight is 243 g/mol. The molecular weight excluding hydrogens is 228 g/mol. The Balaban J connectivity index is 2.71. The molecule has 0 aromatic heterocycles. The van der Waals surface area contributed by atoms with Crippen LogP contribution in [0.5, 0.6) is 0 Å². The summed E-state index contributed by atoms with van der Waals surface area (Å²) < 4.78 is 5.08. The van der Waals surface area contributed by atoms with Gasteiger partial charge in [0.25, 0.3) is 0 Å². The zero-order chi connectivity index (χ0) is 12.0. The van der Waals surface area contributed by atoms with E-state index in [0.29, 0.717) is 24.5 Å². The second kappa shape index (κ2) is 6.51. The van der Waals surface area contributed by atoms with E-state index >= 15 is 0 Å². The van der Waals surface area contributed by atoms with Gasteiger partial charge in [-0.2, -0.15) is 0 Å². The Labute approximate surface area is 100.0 Å². The molecule has 0 radical (unpaired) electrons. The molecule has 1 aromatic rings. The minimum Gasteiger partial charge on any atom is -0.481 e. The number of hydrogen-bond acceptors (Lipinski definition) is 2. The number of halogens is 1. The second-order valence-corrected chi connectivity index (χ2v) is 3.97. The van der Waals surface area contributed by atoms with E-state index in [1.165, 1.54) is 0 Å². The molecule has 0 unspecified atom stereocenters. The van der Waals surface area contributed by atoms with Crippen LogP contribution < -0.4 is 0 Å². The fourth-order valence-electron chi connectivity index (χ4n) is 1.59. The van der Waals surface area contributed by atoms with Crippen LogP contribution in [0.15, 0.2) is 18.2 Å². The zero-order valence-electron chi connectivity index (χ0n) is 9.20. The molecule has 0 bridgehead atoms. The van der Waals surface area contributed by atoms with Gasteiger partial charge in [0.05, 0.1) is 6.61 Å². The van der Waals surface area contributed by atoms with Crippen molar-refractivity contribution >= 4 is 17.6 Å². The minimum absolute atomic E-state index is 0.164. The molecule has 0 aliphatic heterocycles. The molecule has 0 aliphatic carbocycles. The van der Waals surface area contributed by atoms with Crippen LogP contribution in [0, 0.1) is 0 Å². The summed E-state index contributed by atoms with van der Waals surface area (Å²) >= 11 is 6.08. The maximum absolute atomic E-state index is 10.4. The lowest BCUT2D eigenvalue weighted by molar-refractivity contribution is -0.137. The number of methoxy groups -OCH3 is 1. The van der Waals surface area contributed by atoms with Gasteiger partial charge in [0.15, 0.2) is 0 Å². The van der Waals surface area contributed by atoms with Crippen LogP contribution >= 0.6 is 11.6 Å². The molecule has 0 fully saturated rings. The normalized spacial score (nSPS) is 10.4. The van der Waals surface area contributed by atoms with Crippen molar-refractivity contribution in [2.45, 2.75) is 25.9 Å². The molecule has 88 valence electrons. The maximum Gasteiger partial charge on any atom is 0.303 e. The predicted molar refractivity (Wildman–Crippen MR) is 62.7 cm³/mol. The molecule has 3 nitrogen and oxygen atoms in total. The average Bonchev–Trinajstić information content (AvgIpc) is 2.22. The van der Waals surface area contributed by atoms with E-state index in [4.69, 9.17) is 21.4 Å². The molecule has 0 saturated heterocycles. The van der Waals surface area contributed by atoms with Crippen molar-refractivity contribution < 1.29 is 14.6 Å². The maximum atomic E-state index is 10.4. The van der Waals surface area contributed by atoms with Crippen LogP contribution in [0.4, 0.5) is 0 Å². The third-order valence-electron chi connectivity index (χ3n) is 2.33. The van der Waals surface area contributed by atoms with E-state index < -0.39 is 5.97 Å². The number of carbonyl (C=O) groups is 1. The number of aliphatic carboxylic acids is 1. The van der Waals surface area contributed by atoms with Gasteiger partial charge < -0.3 is 9.84 Å². The van der Waals surface area contributed by atoms with Crippen LogP contribution in [-0.4, -0.2) is 18.2 Å². The van der Waals surface area contributed by atoms with E-state index in [1.54, 1.807) is 7.11 Å². The van der Waals surface area contributed by atoms with Gasteiger partial charge >= 0.3 is 5.97 Å². The summed E-state index contributed by atoms with van der Waals surface area (Å²) in [6.07, 6.45) is 1.43. The first-order valence-corrected chi connectivity index (χ1v) is 5.50. The van der Waals surface area contributed by atoms with E-state index in [2.05, 4.69) is 0 Å². The first kappa shape index (κ1) is 13.0. The van der Waals surface area contributed by atoms with Crippen molar-refractivity contribution in [3.05, 3.63) is 34.3 Å². The molecule has 0 heterocycles. The van der Waals surface area contributed by atoms with E-state index in [1.807, 2.05) is 18.2 Å². The molecule has 1 N–H and O–H groups in total. The minimum atomic E-state index is -0.777. The van der Waals surface area contributed by atoms with Gasteiger partial charge in [-0.1, -0.05) is 23.7 Å². The lowest BCUT2D eigenvalue weighted by Crippen LogP contribution is -2.00. The molecule has 0 atom stereocenters. The summed E-state index contributed by atoms with van der Waals surface area (Å²) in [7, 11) is 1.63. The van der Waals surface area contributed by atoms with Gasteiger partial charge in [-0.05, 0) is 30.0 Å². The van der Waals surface area contributed by atoms with Gasteiger partial charge in [-0.25, -0.2) is 0 Å². The Morgan fingerprint density at radius 1 is 1.50 bits per heavy atom. The number of carboxylic acid groups (broad SMARTS) is 1. The fourth-order valence-corrected chi connectivity index (χ4v) is 1.88. The summed E-state index contributed by atoms with van der Waals surface area (Å²) in [4.78, 5) is 10.4. The van der Waals surface area contributed by atoms with Gasteiger partial charge in [-0.3, -0.25) is 4.79 Å². The van der Waals surface area contributed by atoms with E-state index in [9.17, 15) is 4.79 Å². The molecule has 16 heavy (non-hydrogen) atoms. The smallest absolute Gasteiger partial charge is 0.303 e. The topological polar surface area (TPSA) is 46.5 Å². The summed E-state index contributed by atoms with van der Waals surface area (Å²) in [5.41, 5.74) is 2.02. The zero-order valence-corrected chi connectivity index (χ0v) is 9.96. The first-order valence-electron chi connectivity index (χ1n) is 5.12. The van der Waals surface area contributed by atoms with Gasteiger partial charge in [0.2, 0.25) is 0 Å². The lowest BCUT2D eigenvalue weighted by Gasteiger charge is -2.10. The molecule has 0 saturated carbocycles. The lowest BCUT2D eigenvalue weighted by atomic mass is 10.0. The van der Waals surface area contributed by atoms with Crippen LogP contribution in [0.3, 0.4) is 0 Å². The van der Waals surface area contributed by atoms with Crippen molar-refractivity contribution in [1.29, 1.82) is 0 Å². The fraction of sp³-hybridized carbons (Fsp3) is 0.417. The molecule has 0 spiro atoms. The quantitative estimate of drug-likeness (QED) is 0.834. The van der Waals surface area contributed by atoms with Gasteiger partial charge in [0.1, 0.15) is 0 Å². The second-order valence-electron chi connectivity index (χ2n) is 3.56. The molecule has 0 amide bonds. The summed E-state index contributed by atoms with van der Waals surface area (Å²) in [5, 5.41) is 9.26. The highest BCUT2D eigenvalue weighted by molar-refractivity contribution is 6.31. The molecule has 1 rings (SSSR count). The number of ether oxygens (including phenoxy) is 1. The van der Waals surface area contributed by atoms with Crippen LogP contribution in [0.1, 0.15) is 24.0 Å². The van der Waals surface area contributed by atoms with Crippen molar-refractivity contribution in [2.24, 2.45) is 0 Å². The molecule has 1 aromatic carbocycles. The Morgan fingerprint density at radius 3 is 2.88 bits per heavy atom. The standard InChI is InChI=1S/C12H15ClO3/c1-16-8-9-4-2-6-11(13)10(9)5-3-7-12(14)15/h2,4,6H,3,5,7-8H2,1H3,(H,14,15). The Kier molecular flexibility index (Phi) is 5.29. The Bertz CT molecular complexity index is 363. The number of hydrogen-bond donors (Lipinski definition) is 1. The monoisotopic (exact) mass is 242 g/mol. The molecule has 4 heteroatoms. The number of carboxylic acids is 1. The first-order chi connectivity index (χ1) is 7.65. The highest BCUT2D eigenvalue weighted by Crippen LogP contribution is 2.22. The van der Waals surface area contributed by atoms with E-state index in [0.717, 1.165) is 11.1 Å². The van der Waals surface area contributed by atoms with Crippen molar-refractivity contribution in [2.75, 3.05) is 7.11 Å². The number of rotatable bonds is 6. The van der Waals surface area contributed by atoms with Crippen LogP contribution in [-0.2, 0) is 22.6 Å². The summed E-state index contributed by atoms with van der Waals surface area (Å²) in [6.45, 7) is 0.503. The van der Waals surface area contributed by atoms with Crippen LogP contribution in [0.2, 0.25) is 5.02 Å². The number of benzene rings is 1. The molecule has 0 aliphatic rings.